The van der Waals surface area contributed by atoms with E-state index in [0.29, 0.717) is 18.2 Å². The molecule has 2 aliphatic rings. The van der Waals surface area contributed by atoms with Crippen LogP contribution >= 0.6 is 11.8 Å². The summed E-state index contributed by atoms with van der Waals surface area (Å²) in [6.45, 7) is 5.75. The van der Waals surface area contributed by atoms with Gasteiger partial charge >= 0.3 is 0 Å². The fourth-order valence-electron chi connectivity index (χ4n) is 1.93. The first-order chi connectivity index (χ1) is 8.69. The molecule has 5 heteroatoms. The Bertz CT molecular complexity index is 328. The molecule has 0 radical (unpaired) electrons. The molecular formula is C13H23N3OS. The van der Waals surface area contributed by atoms with Crippen molar-refractivity contribution in [3.05, 3.63) is 0 Å². The summed E-state index contributed by atoms with van der Waals surface area (Å²) in [7, 11) is 0. The zero-order valence-electron chi connectivity index (χ0n) is 11.2. The SMILES string of the molecule is CCC(C)NC(=O)CCNC1=NCC(C2CC2)S1. The Morgan fingerprint density at radius 2 is 2.33 bits per heavy atom. The maximum Gasteiger partial charge on any atom is 0.221 e. The molecule has 102 valence electrons. The fraction of sp³-hybridized carbons (Fsp3) is 0.846. The molecule has 1 aliphatic heterocycles. The maximum atomic E-state index is 11.6. The van der Waals surface area contributed by atoms with Crippen molar-refractivity contribution in [2.24, 2.45) is 10.9 Å². The second kappa shape index (κ2) is 6.45. The minimum absolute atomic E-state index is 0.124. The first kappa shape index (κ1) is 13.7. The topological polar surface area (TPSA) is 53.5 Å². The number of hydrogen-bond acceptors (Lipinski definition) is 4. The van der Waals surface area contributed by atoms with Crippen LogP contribution in [-0.2, 0) is 4.79 Å². The summed E-state index contributed by atoms with van der Waals surface area (Å²) in [6, 6.07) is 0.273. The van der Waals surface area contributed by atoms with E-state index in [2.05, 4.69) is 22.5 Å². The molecule has 1 heterocycles. The molecule has 2 rings (SSSR count). The highest BCUT2D eigenvalue weighted by atomic mass is 32.2. The van der Waals surface area contributed by atoms with E-state index in [9.17, 15) is 4.79 Å². The summed E-state index contributed by atoms with van der Waals surface area (Å²) in [5.41, 5.74) is 0. The number of amides is 1. The van der Waals surface area contributed by atoms with E-state index in [0.717, 1.165) is 24.1 Å². The molecule has 0 aromatic heterocycles. The highest BCUT2D eigenvalue weighted by Gasteiger charge is 2.35. The first-order valence-corrected chi connectivity index (χ1v) is 7.81. The van der Waals surface area contributed by atoms with Gasteiger partial charge < -0.3 is 10.6 Å². The lowest BCUT2D eigenvalue weighted by molar-refractivity contribution is -0.121. The fourth-order valence-corrected chi connectivity index (χ4v) is 3.17. The summed E-state index contributed by atoms with van der Waals surface area (Å²) in [5.74, 6) is 1.02. The summed E-state index contributed by atoms with van der Waals surface area (Å²) in [5, 5.41) is 7.96. The third-order valence-electron chi connectivity index (χ3n) is 3.47. The van der Waals surface area contributed by atoms with E-state index in [1.807, 2.05) is 18.7 Å². The molecule has 18 heavy (non-hydrogen) atoms. The van der Waals surface area contributed by atoms with E-state index < -0.39 is 0 Å². The van der Waals surface area contributed by atoms with E-state index in [4.69, 9.17) is 0 Å². The highest BCUT2D eigenvalue weighted by molar-refractivity contribution is 8.14. The number of nitrogens with zero attached hydrogens (tertiary/aromatic N) is 1. The van der Waals surface area contributed by atoms with E-state index >= 15 is 0 Å². The van der Waals surface area contributed by atoms with Crippen LogP contribution in [0.4, 0.5) is 0 Å². The Kier molecular flexibility index (Phi) is 4.92. The Morgan fingerprint density at radius 3 is 3.00 bits per heavy atom. The van der Waals surface area contributed by atoms with Gasteiger partial charge in [0.25, 0.3) is 0 Å². The summed E-state index contributed by atoms with van der Waals surface area (Å²) in [6.07, 6.45) is 4.25. The van der Waals surface area contributed by atoms with Crippen molar-refractivity contribution in [2.45, 2.75) is 50.8 Å². The molecule has 2 unspecified atom stereocenters. The predicted octanol–water partition coefficient (Wildman–Crippen LogP) is 1.76. The van der Waals surface area contributed by atoms with Crippen molar-refractivity contribution in [1.29, 1.82) is 0 Å². The number of carbonyl (C=O) groups is 1. The molecule has 0 spiro atoms. The molecule has 1 saturated carbocycles. The first-order valence-electron chi connectivity index (χ1n) is 6.93. The van der Waals surface area contributed by atoms with Gasteiger partial charge in [-0.3, -0.25) is 9.79 Å². The third kappa shape index (κ3) is 4.19. The molecule has 2 N–H and O–H groups in total. The van der Waals surface area contributed by atoms with Gasteiger partial charge in [-0.1, -0.05) is 18.7 Å². The Balaban J connectivity index is 1.56. The van der Waals surface area contributed by atoms with Gasteiger partial charge in [-0.2, -0.15) is 0 Å². The monoisotopic (exact) mass is 269 g/mol. The van der Waals surface area contributed by atoms with Crippen molar-refractivity contribution in [3.63, 3.8) is 0 Å². The van der Waals surface area contributed by atoms with Crippen molar-refractivity contribution in [3.8, 4) is 0 Å². The van der Waals surface area contributed by atoms with Crippen LogP contribution in [0.1, 0.15) is 39.5 Å². The third-order valence-corrected chi connectivity index (χ3v) is 4.81. The predicted molar refractivity (Wildman–Crippen MR) is 76.9 cm³/mol. The van der Waals surface area contributed by atoms with Gasteiger partial charge in [-0.05, 0) is 32.1 Å². The van der Waals surface area contributed by atoms with Crippen LogP contribution in [0.15, 0.2) is 4.99 Å². The van der Waals surface area contributed by atoms with Crippen LogP contribution in [0.2, 0.25) is 0 Å². The average molecular weight is 269 g/mol. The number of nitrogens with one attached hydrogen (secondary N) is 2. The second-order valence-electron chi connectivity index (χ2n) is 5.19. The minimum atomic E-state index is 0.124. The second-order valence-corrected chi connectivity index (χ2v) is 6.42. The van der Waals surface area contributed by atoms with Crippen LogP contribution in [0.5, 0.6) is 0 Å². The quantitative estimate of drug-likeness (QED) is 0.772. The summed E-state index contributed by atoms with van der Waals surface area (Å²) >= 11 is 1.86. The molecule has 1 amide bonds. The van der Waals surface area contributed by atoms with E-state index in [-0.39, 0.29) is 11.9 Å². The van der Waals surface area contributed by atoms with Crippen LogP contribution in [0.3, 0.4) is 0 Å². The number of aliphatic imine (C=N–C) groups is 1. The van der Waals surface area contributed by atoms with Gasteiger partial charge in [0.15, 0.2) is 5.17 Å². The molecule has 1 aliphatic carbocycles. The lowest BCUT2D eigenvalue weighted by atomic mass is 10.2. The Hall–Kier alpha value is -0.710. The van der Waals surface area contributed by atoms with Gasteiger partial charge in [0.1, 0.15) is 0 Å². The largest absolute Gasteiger partial charge is 0.364 e. The van der Waals surface area contributed by atoms with Crippen molar-refractivity contribution in [2.75, 3.05) is 13.1 Å². The van der Waals surface area contributed by atoms with E-state index in [1.54, 1.807) is 0 Å². The molecule has 0 bridgehead atoms. The van der Waals surface area contributed by atoms with Crippen molar-refractivity contribution >= 4 is 22.8 Å². The van der Waals surface area contributed by atoms with Gasteiger partial charge in [0.05, 0.1) is 6.54 Å². The van der Waals surface area contributed by atoms with E-state index in [1.165, 1.54) is 12.8 Å². The number of amidine groups is 1. The molecule has 0 aromatic rings. The maximum absolute atomic E-state index is 11.6. The standard InChI is InChI=1S/C13H23N3OS/c1-3-9(2)16-12(17)6-7-14-13-15-8-11(18-13)10-4-5-10/h9-11H,3-8H2,1-2H3,(H,14,15)(H,16,17). The summed E-state index contributed by atoms with van der Waals surface area (Å²) < 4.78 is 0. The highest BCUT2D eigenvalue weighted by Crippen LogP contribution is 2.41. The average Bonchev–Trinajstić information content (AvgIpc) is 3.10. The zero-order chi connectivity index (χ0) is 13.0. The number of rotatable bonds is 6. The minimum Gasteiger partial charge on any atom is -0.364 e. The Labute approximate surface area is 113 Å². The lowest BCUT2D eigenvalue weighted by Gasteiger charge is -2.12. The molecule has 2 atom stereocenters. The summed E-state index contributed by atoms with van der Waals surface area (Å²) in [4.78, 5) is 16.1. The molecule has 0 saturated heterocycles. The molecule has 1 fully saturated rings. The lowest BCUT2D eigenvalue weighted by Crippen LogP contribution is -2.34. The molecule has 4 nitrogen and oxygen atoms in total. The van der Waals surface area contributed by atoms with Crippen LogP contribution in [0, 0.1) is 5.92 Å². The van der Waals surface area contributed by atoms with Crippen molar-refractivity contribution in [1.82, 2.24) is 10.6 Å². The van der Waals surface area contributed by atoms with Crippen LogP contribution in [0.25, 0.3) is 0 Å². The van der Waals surface area contributed by atoms with Gasteiger partial charge in [0, 0.05) is 24.3 Å². The van der Waals surface area contributed by atoms with Crippen LogP contribution in [-0.4, -0.2) is 35.5 Å². The zero-order valence-corrected chi connectivity index (χ0v) is 12.1. The van der Waals surface area contributed by atoms with Gasteiger partial charge in [0.2, 0.25) is 5.91 Å². The van der Waals surface area contributed by atoms with Crippen LogP contribution < -0.4 is 10.6 Å². The van der Waals surface area contributed by atoms with Gasteiger partial charge in [-0.25, -0.2) is 0 Å². The smallest absolute Gasteiger partial charge is 0.221 e. The molecule has 0 aromatic carbocycles. The number of carbonyl (C=O) groups excluding carboxylic acids is 1. The molecular weight excluding hydrogens is 246 g/mol. The Morgan fingerprint density at radius 1 is 1.56 bits per heavy atom. The normalized spacial score (nSPS) is 24.6. The number of thioether (sulfide) groups is 1. The van der Waals surface area contributed by atoms with Gasteiger partial charge in [-0.15, -0.1) is 0 Å². The number of hydrogen-bond donors (Lipinski definition) is 2. The van der Waals surface area contributed by atoms with Crippen molar-refractivity contribution < 1.29 is 4.79 Å².